The zero-order valence-corrected chi connectivity index (χ0v) is 10.8. The Labute approximate surface area is 106 Å². The smallest absolute Gasteiger partial charge is 0.180 e. The van der Waals surface area contributed by atoms with Crippen LogP contribution >= 0.6 is 0 Å². The molecule has 0 fully saturated rings. The van der Waals surface area contributed by atoms with E-state index < -0.39 is 0 Å². The number of anilines is 2. The summed E-state index contributed by atoms with van der Waals surface area (Å²) in [6.07, 6.45) is 6.53. The van der Waals surface area contributed by atoms with Gasteiger partial charge in [-0.25, -0.2) is 9.97 Å². The Balaban J connectivity index is 2.04. The molecule has 0 aliphatic rings. The monoisotopic (exact) mass is 249 g/mol. The molecule has 6 heteroatoms. The lowest BCUT2D eigenvalue weighted by molar-refractivity contribution is 0.147. The number of nitrogens with zero attached hydrogens (tertiary/aromatic N) is 3. The topological polar surface area (TPSA) is 63.5 Å². The number of imidazole rings is 1. The van der Waals surface area contributed by atoms with E-state index in [0.717, 1.165) is 43.5 Å². The van der Waals surface area contributed by atoms with Crippen molar-refractivity contribution >= 4 is 17.3 Å². The van der Waals surface area contributed by atoms with E-state index in [4.69, 9.17) is 4.74 Å². The maximum atomic E-state index is 5.30. The molecule has 6 nitrogen and oxygen atoms in total. The summed E-state index contributed by atoms with van der Waals surface area (Å²) in [5.74, 6) is 1.61. The molecular weight excluding hydrogens is 230 g/mol. The van der Waals surface area contributed by atoms with Gasteiger partial charge >= 0.3 is 0 Å². The zero-order chi connectivity index (χ0) is 12.8. The Morgan fingerprint density at radius 2 is 2.33 bits per heavy atom. The van der Waals surface area contributed by atoms with Gasteiger partial charge in [0.25, 0.3) is 0 Å². The number of rotatable bonds is 7. The van der Waals surface area contributed by atoms with Crippen LogP contribution in [0.15, 0.2) is 18.6 Å². The summed E-state index contributed by atoms with van der Waals surface area (Å²) >= 11 is 0. The van der Waals surface area contributed by atoms with Gasteiger partial charge in [-0.2, -0.15) is 0 Å². The van der Waals surface area contributed by atoms with Crippen LogP contribution < -0.4 is 10.6 Å². The third-order valence-electron chi connectivity index (χ3n) is 2.59. The first-order chi connectivity index (χ1) is 8.85. The highest BCUT2D eigenvalue weighted by molar-refractivity contribution is 5.65. The molecule has 0 saturated carbocycles. The second-order valence-corrected chi connectivity index (χ2v) is 3.86. The molecule has 0 bridgehead atoms. The van der Waals surface area contributed by atoms with Crippen molar-refractivity contribution in [3.8, 4) is 0 Å². The predicted molar refractivity (Wildman–Crippen MR) is 72.1 cm³/mol. The van der Waals surface area contributed by atoms with Gasteiger partial charge in [0.05, 0.1) is 6.20 Å². The molecule has 2 N–H and O–H groups in total. The van der Waals surface area contributed by atoms with Crippen LogP contribution in [0.1, 0.15) is 13.3 Å². The van der Waals surface area contributed by atoms with Gasteiger partial charge < -0.3 is 19.8 Å². The van der Waals surface area contributed by atoms with Crippen molar-refractivity contribution in [1.29, 1.82) is 0 Å². The van der Waals surface area contributed by atoms with Crippen molar-refractivity contribution in [2.75, 3.05) is 37.4 Å². The summed E-state index contributed by atoms with van der Waals surface area (Å²) in [7, 11) is 1.85. The van der Waals surface area contributed by atoms with Gasteiger partial charge in [-0.05, 0) is 13.3 Å². The quantitative estimate of drug-likeness (QED) is 0.730. The van der Waals surface area contributed by atoms with E-state index in [1.807, 2.05) is 30.8 Å². The van der Waals surface area contributed by atoms with Crippen LogP contribution in [-0.4, -0.2) is 41.2 Å². The zero-order valence-electron chi connectivity index (χ0n) is 10.8. The molecule has 2 rings (SSSR count). The van der Waals surface area contributed by atoms with Crippen molar-refractivity contribution in [3.05, 3.63) is 18.6 Å². The second-order valence-electron chi connectivity index (χ2n) is 3.86. The molecule has 0 aromatic carbocycles. The summed E-state index contributed by atoms with van der Waals surface area (Å²) in [6.45, 7) is 4.35. The number of nitrogens with one attached hydrogen (secondary N) is 2. The van der Waals surface area contributed by atoms with Crippen LogP contribution in [0.5, 0.6) is 0 Å². The highest BCUT2D eigenvalue weighted by atomic mass is 16.5. The number of ether oxygens (including phenoxy) is 1. The summed E-state index contributed by atoms with van der Waals surface area (Å²) in [5.41, 5.74) is 0.838. The first-order valence-electron chi connectivity index (χ1n) is 6.18. The lowest BCUT2D eigenvalue weighted by Gasteiger charge is -2.09. The molecule has 0 aliphatic carbocycles. The Kier molecular flexibility index (Phi) is 4.35. The van der Waals surface area contributed by atoms with E-state index in [-0.39, 0.29) is 0 Å². The molecule has 2 aromatic heterocycles. The van der Waals surface area contributed by atoms with E-state index in [0.29, 0.717) is 0 Å². The number of aromatic nitrogens is 3. The highest BCUT2D eigenvalue weighted by Crippen LogP contribution is 2.15. The van der Waals surface area contributed by atoms with Gasteiger partial charge in [0.1, 0.15) is 5.82 Å². The van der Waals surface area contributed by atoms with Crippen LogP contribution in [-0.2, 0) is 4.74 Å². The molecule has 2 aromatic rings. The van der Waals surface area contributed by atoms with Crippen LogP contribution in [0.2, 0.25) is 0 Å². The third kappa shape index (κ3) is 2.89. The van der Waals surface area contributed by atoms with E-state index in [9.17, 15) is 0 Å². The largest absolute Gasteiger partial charge is 0.382 e. The lowest BCUT2D eigenvalue weighted by atomic mass is 10.4. The molecule has 18 heavy (non-hydrogen) atoms. The molecule has 98 valence electrons. The highest BCUT2D eigenvalue weighted by Gasteiger charge is 2.05. The molecule has 0 amide bonds. The van der Waals surface area contributed by atoms with Gasteiger partial charge in [-0.15, -0.1) is 0 Å². The van der Waals surface area contributed by atoms with Crippen LogP contribution in [0.3, 0.4) is 0 Å². The molecule has 0 radical (unpaired) electrons. The van der Waals surface area contributed by atoms with Crippen LogP contribution in [0, 0.1) is 0 Å². The molecule has 0 atom stereocenters. The molecule has 0 unspecified atom stereocenters. The fourth-order valence-corrected chi connectivity index (χ4v) is 1.70. The minimum atomic E-state index is 0.762. The molecule has 0 saturated heterocycles. The van der Waals surface area contributed by atoms with Crippen molar-refractivity contribution < 1.29 is 4.74 Å². The standard InChI is InChI=1S/C12H19N5O/c1-3-18-8-4-5-14-11-12-15-6-7-17(12)9-10(13-2)16-11/h6-7,9,13H,3-5,8H2,1-2H3,(H,14,16). The number of hydrogen-bond acceptors (Lipinski definition) is 5. The van der Waals surface area contributed by atoms with Gasteiger partial charge in [-0.3, -0.25) is 0 Å². The number of fused-ring (bicyclic) bond motifs is 1. The average Bonchev–Trinajstić information content (AvgIpc) is 2.86. The lowest BCUT2D eigenvalue weighted by Crippen LogP contribution is -2.09. The van der Waals surface area contributed by atoms with Crippen molar-refractivity contribution in [2.45, 2.75) is 13.3 Å². The third-order valence-corrected chi connectivity index (χ3v) is 2.59. The fourth-order valence-electron chi connectivity index (χ4n) is 1.70. The van der Waals surface area contributed by atoms with Crippen molar-refractivity contribution in [2.24, 2.45) is 0 Å². The second kappa shape index (κ2) is 6.20. The molecule has 0 spiro atoms. The minimum absolute atomic E-state index is 0.762. The van der Waals surface area contributed by atoms with Gasteiger partial charge in [-0.1, -0.05) is 0 Å². The molecule has 0 aliphatic heterocycles. The van der Waals surface area contributed by atoms with E-state index in [2.05, 4.69) is 20.6 Å². The predicted octanol–water partition coefficient (Wildman–Crippen LogP) is 1.61. The van der Waals surface area contributed by atoms with Gasteiger partial charge in [0.2, 0.25) is 0 Å². The summed E-state index contributed by atoms with van der Waals surface area (Å²) < 4.78 is 7.24. The van der Waals surface area contributed by atoms with E-state index >= 15 is 0 Å². The van der Waals surface area contributed by atoms with Gasteiger partial charge in [0.15, 0.2) is 11.5 Å². The normalized spacial score (nSPS) is 10.8. The minimum Gasteiger partial charge on any atom is -0.382 e. The summed E-state index contributed by atoms with van der Waals surface area (Å²) in [6, 6.07) is 0. The number of hydrogen-bond donors (Lipinski definition) is 2. The van der Waals surface area contributed by atoms with Crippen LogP contribution in [0.4, 0.5) is 11.6 Å². The summed E-state index contributed by atoms with van der Waals surface area (Å²) in [4.78, 5) is 8.75. The maximum Gasteiger partial charge on any atom is 0.180 e. The average molecular weight is 249 g/mol. The Morgan fingerprint density at radius 3 is 3.11 bits per heavy atom. The summed E-state index contributed by atoms with van der Waals surface area (Å²) in [5, 5.41) is 6.33. The van der Waals surface area contributed by atoms with Crippen molar-refractivity contribution in [3.63, 3.8) is 0 Å². The SMILES string of the molecule is CCOCCCNc1nc(NC)cn2ccnc12. The first kappa shape index (κ1) is 12.6. The molecular formula is C12H19N5O. The Morgan fingerprint density at radius 1 is 1.44 bits per heavy atom. The maximum absolute atomic E-state index is 5.30. The first-order valence-corrected chi connectivity index (χ1v) is 6.18. The van der Waals surface area contributed by atoms with Gasteiger partial charge in [0, 0.05) is 39.2 Å². The van der Waals surface area contributed by atoms with E-state index in [1.165, 1.54) is 0 Å². The van der Waals surface area contributed by atoms with E-state index in [1.54, 1.807) is 6.20 Å². The fraction of sp³-hybridized carbons (Fsp3) is 0.500. The van der Waals surface area contributed by atoms with Crippen molar-refractivity contribution in [1.82, 2.24) is 14.4 Å². The molecule has 2 heterocycles. The Hall–Kier alpha value is -1.82. The Bertz CT molecular complexity index is 496. The van der Waals surface area contributed by atoms with Crippen LogP contribution in [0.25, 0.3) is 5.65 Å².